The van der Waals surface area contributed by atoms with Gasteiger partial charge in [0.1, 0.15) is 0 Å². The molecule has 22 heavy (non-hydrogen) atoms. The number of benzene rings is 1. The van der Waals surface area contributed by atoms with Gasteiger partial charge in [0.2, 0.25) is 0 Å². The summed E-state index contributed by atoms with van der Waals surface area (Å²) in [6.07, 6.45) is -9.54. The molecule has 12 heteroatoms. The van der Waals surface area contributed by atoms with E-state index in [1.807, 2.05) is 0 Å². The summed E-state index contributed by atoms with van der Waals surface area (Å²) in [5.41, 5.74) is -0.509. The van der Waals surface area contributed by atoms with Gasteiger partial charge in [0.05, 0.1) is 0 Å². The average Bonchev–Trinajstić information content (AvgIpc) is 2.38. The van der Waals surface area contributed by atoms with Crippen LogP contribution in [0.1, 0.15) is 0 Å². The number of sulfonamides is 1. The van der Waals surface area contributed by atoms with Crippen LogP contribution in [0.4, 0.5) is 36.4 Å². The minimum atomic E-state index is -6.13. The van der Waals surface area contributed by atoms with Crippen LogP contribution in [-0.4, -0.2) is 19.8 Å². The molecule has 0 atom stereocenters. The van der Waals surface area contributed by atoms with Gasteiger partial charge < -0.3 is 4.74 Å². The number of ether oxygens (including phenoxy) is 1. The Morgan fingerprint density at radius 1 is 1.00 bits per heavy atom. The lowest BCUT2D eigenvalue weighted by atomic mass is 10.3. The first-order valence-corrected chi connectivity index (χ1v) is 6.62. The highest BCUT2D eigenvalue weighted by molar-refractivity contribution is 7.93. The van der Waals surface area contributed by atoms with Crippen LogP contribution >= 0.6 is 0 Å². The van der Waals surface area contributed by atoms with E-state index in [0.717, 1.165) is 16.9 Å². The molecule has 0 radical (unpaired) electrons. The van der Waals surface area contributed by atoms with Crippen molar-refractivity contribution in [3.05, 3.63) is 42.4 Å². The average molecular weight is 353 g/mol. The Hall–Kier alpha value is -1.98. The largest absolute Gasteiger partial charge is 0.484 e. The van der Waals surface area contributed by atoms with E-state index in [0.29, 0.717) is 0 Å². The fourth-order valence-electron chi connectivity index (χ4n) is 1.09. The zero-order valence-corrected chi connectivity index (χ0v) is 11.0. The summed E-state index contributed by atoms with van der Waals surface area (Å²) in [5, 5.41) is -6.04. The molecule has 0 heterocycles. The number of halogens is 7. The second kappa shape index (κ2) is 6.02. The molecule has 0 saturated heterocycles. The number of hydrogen-bond acceptors (Lipinski definition) is 3. The molecule has 1 N–H and O–H groups in total. The molecule has 4 nitrogen and oxygen atoms in total. The van der Waals surface area contributed by atoms with Crippen molar-refractivity contribution in [2.75, 3.05) is 4.72 Å². The molecule has 124 valence electrons. The molecule has 0 aliphatic carbocycles. The van der Waals surface area contributed by atoms with Crippen molar-refractivity contribution >= 4 is 15.7 Å². The molecule has 0 spiro atoms. The third-order valence-corrected chi connectivity index (χ3v) is 3.49. The van der Waals surface area contributed by atoms with Crippen molar-refractivity contribution in [1.29, 1.82) is 0 Å². The highest BCUT2D eigenvalue weighted by Crippen LogP contribution is 2.42. The zero-order chi connectivity index (χ0) is 17.2. The van der Waals surface area contributed by atoms with Crippen LogP contribution in [0, 0.1) is 0 Å². The Kier molecular flexibility index (Phi) is 4.95. The number of hydrogen-bond donors (Lipinski definition) is 1. The molecule has 0 bridgehead atoms. The topological polar surface area (TPSA) is 55.4 Å². The summed E-state index contributed by atoms with van der Waals surface area (Å²) in [5.74, 6) is 0. The summed E-state index contributed by atoms with van der Waals surface area (Å²) in [6, 6.07) is 2.36. The second-order valence-corrected chi connectivity index (χ2v) is 5.36. The predicted molar refractivity (Wildman–Crippen MR) is 60.3 cm³/mol. The van der Waals surface area contributed by atoms with E-state index in [2.05, 4.69) is 4.74 Å². The van der Waals surface area contributed by atoms with Gasteiger partial charge in [-0.05, 0) is 12.1 Å². The van der Waals surface area contributed by atoms with Crippen LogP contribution in [0.3, 0.4) is 0 Å². The highest BCUT2D eigenvalue weighted by atomic mass is 32.2. The van der Waals surface area contributed by atoms with Crippen molar-refractivity contribution in [2.24, 2.45) is 0 Å². The van der Waals surface area contributed by atoms with E-state index in [9.17, 15) is 39.2 Å². The Bertz CT molecular complexity index is 656. The van der Waals surface area contributed by atoms with E-state index in [-0.39, 0.29) is 0 Å². The Morgan fingerprint density at radius 2 is 1.50 bits per heavy atom. The first-order valence-electron chi connectivity index (χ1n) is 5.13. The Labute approximate surface area is 119 Å². The molecule has 0 unspecified atom stereocenters. The minimum Gasteiger partial charge on any atom is -0.397 e. The Balaban J connectivity index is 3.12. The van der Waals surface area contributed by atoms with Gasteiger partial charge in [-0.15, -0.1) is 0 Å². The molecule has 0 aromatic heterocycles. The minimum absolute atomic E-state index is 0.509. The predicted octanol–water partition coefficient (Wildman–Crippen LogP) is 3.67. The highest BCUT2D eigenvalue weighted by Gasteiger charge is 2.69. The lowest BCUT2D eigenvalue weighted by Gasteiger charge is -2.25. The van der Waals surface area contributed by atoms with Crippen LogP contribution in [-0.2, 0) is 14.8 Å². The van der Waals surface area contributed by atoms with Crippen LogP contribution < -0.4 is 4.72 Å². The van der Waals surface area contributed by atoms with Gasteiger partial charge in [-0.1, -0.05) is 18.2 Å². The third-order valence-electron chi connectivity index (χ3n) is 2.07. The number of nitrogens with one attached hydrogen (secondary N) is 1. The van der Waals surface area contributed by atoms with Gasteiger partial charge >= 0.3 is 33.5 Å². The number of rotatable bonds is 6. The van der Waals surface area contributed by atoms with E-state index in [4.69, 9.17) is 0 Å². The fourth-order valence-corrected chi connectivity index (χ4v) is 2.02. The van der Waals surface area contributed by atoms with Crippen LogP contribution in [0.25, 0.3) is 0 Å². The summed E-state index contributed by atoms with van der Waals surface area (Å²) < 4.78 is 114. The first-order chi connectivity index (χ1) is 9.91. The maximum Gasteiger partial charge on any atom is 0.484 e. The van der Waals surface area contributed by atoms with Gasteiger partial charge in [-0.2, -0.15) is 39.2 Å². The number of para-hydroxylation sites is 1. The van der Waals surface area contributed by atoms with Gasteiger partial charge in [0.25, 0.3) is 0 Å². The molecule has 1 aromatic rings. The molecule has 0 aliphatic heterocycles. The fraction of sp³-hybridized carbons (Fsp3) is 0.200. The van der Waals surface area contributed by atoms with Crippen molar-refractivity contribution < 1.29 is 43.9 Å². The molecule has 1 aromatic carbocycles. The van der Waals surface area contributed by atoms with E-state index in [1.54, 1.807) is 0 Å². The van der Waals surface area contributed by atoms with Crippen molar-refractivity contribution in [2.45, 2.75) is 11.4 Å². The van der Waals surface area contributed by atoms with Crippen molar-refractivity contribution in [3.63, 3.8) is 0 Å². The normalized spacial score (nSPS) is 12.7. The van der Waals surface area contributed by atoms with E-state index < -0.39 is 39.2 Å². The van der Waals surface area contributed by atoms with Gasteiger partial charge in [-0.25, -0.2) is 0 Å². The van der Waals surface area contributed by atoms with Gasteiger partial charge in [0, 0.05) is 5.69 Å². The molecular weight excluding hydrogens is 347 g/mol. The Morgan fingerprint density at radius 3 is 1.95 bits per heavy atom. The summed E-state index contributed by atoms with van der Waals surface area (Å²) in [6.45, 7) is 0. The molecule has 1 rings (SSSR count). The van der Waals surface area contributed by atoms with E-state index >= 15 is 0 Å². The maximum atomic E-state index is 13.3. The molecule has 0 aliphatic rings. The molecule has 0 amide bonds. The molecule has 0 fully saturated rings. The van der Waals surface area contributed by atoms with Crippen LogP contribution in [0.5, 0.6) is 0 Å². The quantitative estimate of drug-likeness (QED) is 0.627. The zero-order valence-electron chi connectivity index (χ0n) is 10.2. The monoisotopic (exact) mass is 353 g/mol. The summed E-state index contributed by atoms with van der Waals surface area (Å²) in [4.78, 5) is 0. The van der Waals surface area contributed by atoms with Crippen LogP contribution in [0.15, 0.2) is 42.4 Å². The molecular formula is C10H6F7NO3S. The SMILES string of the molecule is O=S(=O)(Nc1ccccc1)C(F)(F)C(F)(F)OC(F)=C(F)F. The third kappa shape index (κ3) is 3.61. The first kappa shape index (κ1) is 18.1. The van der Waals surface area contributed by atoms with Crippen molar-refractivity contribution in [1.82, 2.24) is 0 Å². The summed E-state index contributed by atoms with van der Waals surface area (Å²) >= 11 is 0. The van der Waals surface area contributed by atoms with Gasteiger partial charge in [0.15, 0.2) is 0 Å². The lowest BCUT2D eigenvalue weighted by molar-refractivity contribution is -0.308. The summed E-state index contributed by atoms with van der Waals surface area (Å²) in [7, 11) is -6.13. The van der Waals surface area contributed by atoms with Crippen LogP contribution in [0.2, 0.25) is 0 Å². The standard InChI is InChI=1S/C10H6F7NO3S/c11-7(12)8(13)21-9(14,15)10(16,17)22(19,20)18-6-4-2-1-3-5-6/h1-5,18H. The van der Waals surface area contributed by atoms with E-state index in [1.165, 1.54) is 18.2 Å². The number of anilines is 1. The second-order valence-electron chi connectivity index (χ2n) is 3.64. The molecule has 0 saturated carbocycles. The van der Waals surface area contributed by atoms with Crippen molar-refractivity contribution in [3.8, 4) is 0 Å². The maximum absolute atomic E-state index is 13.3. The lowest BCUT2D eigenvalue weighted by Crippen LogP contribution is -2.50. The number of alkyl halides is 4. The smallest absolute Gasteiger partial charge is 0.397 e. The van der Waals surface area contributed by atoms with Gasteiger partial charge in [-0.3, -0.25) is 4.72 Å².